The van der Waals surface area contributed by atoms with Gasteiger partial charge in [-0.15, -0.1) is 0 Å². The number of Topliss-reactive ketones (excluding diaryl/α,β-unsaturated/α-hetero) is 2. The number of carbonyl (C=O) groups excluding carboxylic acids is 3. The van der Waals surface area contributed by atoms with Crippen LogP contribution in [-0.2, 0) is 23.9 Å². The summed E-state index contributed by atoms with van der Waals surface area (Å²) in [7, 11) is 0. The van der Waals surface area contributed by atoms with Gasteiger partial charge in [-0.05, 0) is 23.8 Å². The van der Waals surface area contributed by atoms with Gasteiger partial charge in [-0.2, -0.15) is 0 Å². The van der Waals surface area contributed by atoms with E-state index in [1.165, 1.54) is 0 Å². The average Bonchev–Trinajstić information content (AvgIpc) is 2.88. The Hall–Kier alpha value is -1.57. The van der Waals surface area contributed by atoms with Crippen molar-refractivity contribution in [3.8, 4) is 0 Å². The highest BCUT2D eigenvalue weighted by atomic mass is 16.6. The molecule has 5 fully saturated rings. The first kappa shape index (κ1) is 16.6. The number of rotatable bonds is 0. The number of hydrogen-bond acceptors (Lipinski definition) is 7. The van der Waals surface area contributed by atoms with Crippen LogP contribution < -0.4 is 0 Å². The quantitative estimate of drug-likeness (QED) is 0.354. The van der Waals surface area contributed by atoms with Crippen LogP contribution in [0.3, 0.4) is 0 Å². The molecule has 5 aliphatic rings. The molecule has 3 aliphatic carbocycles. The molecule has 2 aliphatic heterocycles. The van der Waals surface area contributed by atoms with Gasteiger partial charge in [-0.25, -0.2) is 0 Å². The van der Waals surface area contributed by atoms with Crippen LogP contribution in [0.5, 0.6) is 0 Å². The largest absolute Gasteiger partial charge is 0.462 e. The van der Waals surface area contributed by atoms with Crippen molar-refractivity contribution in [2.24, 2.45) is 35.0 Å². The minimum absolute atomic E-state index is 0.0391. The van der Waals surface area contributed by atoms with Crippen molar-refractivity contribution in [3.05, 3.63) is 12.2 Å². The molecule has 0 aromatic heterocycles. The summed E-state index contributed by atoms with van der Waals surface area (Å²) in [5.74, 6) is -5.46. The molecule has 0 radical (unpaired) electrons. The number of aliphatic hydroxyl groups is 2. The van der Waals surface area contributed by atoms with E-state index in [1.54, 1.807) is 0 Å². The lowest BCUT2D eigenvalue weighted by Crippen LogP contribution is -2.71. The lowest BCUT2D eigenvalue weighted by molar-refractivity contribution is -0.279. The Labute approximate surface area is 150 Å². The molecule has 1 spiro atoms. The predicted molar refractivity (Wildman–Crippen MR) is 85.4 cm³/mol. The molecule has 0 aromatic rings. The number of hydrogen-bond donors (Lipinski definition) is 2. The molecular weight excluding hydrogens is 340 g/mol. The van der Waals surface area contributed by atoms with Crippen LogP contribution in [0.25, 0.3) is 0 Å². The number of ether oxygens (including phenoxy) is 2. The molecule has 9 atom stereocenters. The van der Waals surface area contributed by atoms with Crippen molar-refractivity contribution in [3.63, 3.8) is 0 Å². The summed E-state index contributed by atoms with van der Waals surface area (Å²) in [4.78, 5) is 37.3. The van der Waals surface area contributed by atoms with Gasteiger partial charge in [0.1, 0.15) is 12.2 Å². The van der Waals surface area contributed by atoms with E-state index in [1.807, 2.05) is 6.92 Å². The second-order valence-corrected chi connectivity index (χ2v) is 8.74. The summed E-state index contributed by atoms with van der Waals surface area (Å²) in [5, 5.41) is 22.0. The molecule has 2 saturated heterocycles. The Morgan fingerprint density at radius 1 is 1.23 bits per heavy atom. The molecule has 140 valence electrons. The van der Waals surface area contributed by atoms with Crippen LogP contribution in [0, 0.1) is 35.0 Å². The highest BCUT2D eigenvalue weighted by Crippen LogP contribution is 2.69. The van der Waals surface area contributed by atoms with Crippen molar-refractivity contribution in [2.75, 3.05) is 6.61 Å². The van der Waals surface area contributed by atoms with Crippen molar-refractivity contribution in [2.45, 2.75) is 44.2 Å². The van der Waals surface area contributed by atoms with Gasteiger partial charge < -0.3 is 19.7 Å². The van der Waals surface area contributed by atoms with E-state index >= 15 is 0 Å². The zero-order valence-corrected chi connectivity index (χ0v) is 14.5. The summed E-state index contributed by atoms with van der Waals surface area (Å²) in [6.07, 6.45) is -1.25. The third-order valence-corrected chi connectivity index (χ3v) is 7.78. The molecule has 2 N–H and O–H groups in total. The van der Waals surface area contributed by atoms with Crippen LogP contribution in [0.4, 0.5) is 0 Å². The Kier molecular flexibility index (Phi) is 3.08. The summed E-state index contributed by atoms with van der Waals surface area (Å²) in [6.45, 7) is 5.91. The van der Waals surface area contributed by atoms with Gasteiger partial charge >= 0.3 is 5.97 Å². The molecule has 5 rings (SSSR count). The first-order valence-electron chi connectivity index (χ1n) is 9.21. The number of esters is 1. The summed E-state index contributed by atoms with van der Waals surface area (Å²) in [6, 6.07) is 0. The topological polar surface area (TPSA) is 110 Å². The molecule has 26 heavy (non-hydrogen) atoms. The fourth-order valence-corrected chi connectivity index (χ4v) is 6.66. The first-order valence-corrected chi connectivity index (χ1v) is 9.21. The molecule has 7 nitrogen and oxygen atoms in total. The Morgan fingerprint density at radius 3 is 2.69 bits per heavy atom. The van der Waals surface area contributed by atoms with Gasteiger partial charge in [0.2, 0.25) is 5.78 Å². The molecule has 2 bridgehead atoms. The van der Waals surface area contributed by atoms with Crippen molar-refractivity contribution >= 4 is 17.5 Å². The Morgan fingerprint density at radius 2 is 1.96 bits per heavy atom. The molecule has 2 heterocycles. The smallest absolute Gasteiger partial charge is 0.306 e. The average molecular weight is 362 g/mol. The van der Waals surface area contributed by atoms with Crippen LogP contribution in [0.15, 0.2) is 12.2 Å². The van der Waals surface area contributed by atoms with Crippen molar-refractivity contribution in [1.82, 2.24) is 0 Å². The van der Waals surface area contributed by atoms with E-state index in [9.17, 15) is 24.6 Å². The van der Waals surface area contributed by atoms with Gasteiger partial charge in [0.25, 0.3) is 0 Å². The predicted octanol–water partition coefficient (Wildman–Crippen LogP) is -0.0157. The van der Waals surface area contributed by atoms with Gasteiger partial charge in [-0.3, -0.25) is 14.4 Å². The van der Waals surface area contributed by atoms with Crippen molar-refractivity contribution < 1.29 is 34.1 Å². The van der Waals surface area contributed by atoms with Gasteiger partial charge in [0.05, 0.1) is 13.0 Å². The van der Waals surface area contributed by atoms with E-state index in [0.29, 0.717) is 12.0 Å². The van der Waals surface area contributed by atoms with Gasteiger partial charge in [0.15, 0.2) is 11.6 Å². The minimum Gasteiger partial charge on any atom is -0.462 e. The van der Waals surface area contributed by atoms with E-state index < -0.39 is 52.7 Å². The summed E-state index contributed by atoms with van der Waals surface area (Å²) in [5.41, 5.74) is -0.461. The second-order valence-electron chi connectivity index (χ2n) is 8.74. The fourth-order valence-electron chi connectivity index (χ4n) is 6.66. The van der Waals surface area contributed by atoms with Crippen LogP contribution in [0.2, 0.25) is 0 Å². The van der Waals surface area contributed by atoms with Crippen LogP contribution in [-0.4, -0.2) is 52.4 Å². The van der Waals surface area contributed by atoms with E-state index in [0.717, 1.165) is 0 Å². The van der Waals surface area contributed by atoms with Gasteiger partial charge in [-0.1, -0.05) is 13.5 Å². The van der Waals surface area contributed by atoms with E-state index in [4.69, 9.17) is 9.47 Å². The zero-order chi connectivity index (χ0) is 18.6. The van der Waals surface area contributed by atoms with E-state index in [-0.39, 0.29) is 37.3 Å². The van der Waals surface area contributed by atoms with Gasteiger partial charge in [0, 0.05) is 29.6 Å². The number of fused-ring (bicyclic) bond motifs is 1. The lowest BCUT2D eigenvalue weighted by Gasteiger charge is -2.62. The maximum absolute atomic E-state index is 12.9. The number of carbonyl (C=O) groups is 3. The molecule has 9 unspecified atom stereocenters. The molecular formula is C19H22O7. The molecule has 3 saturated carbocycles. The molecule has 0 amide bonds. The minimum atomic E-state index is -1.98. The second kappa shape index (κ2) is 4.82. The monoisotopic (exact) mass is 362 g/mol. The third-order valence-electron chi connectivity index (χ3n) is 7.78. The molecule has 0 aromatic carbocycles. The van der Waals surface area contributed by atoms with E-state index in [2.05, 4.69) is 6.58 Å². The normalized spacial score (nSPS) is 55.3. The SMILES string of the molecule is C=C1C(O)C2(O)OCC34C(CC5C(C)CC(=O)C(=O)C5C23)OC(=O)CC14. The number of aliphatic hydroxyl groups excluding tert-OH is 1. The zero-order valence-electron chi connectivity index (χ0n) is 14.5. The maximum Gasteiger partial charge on any atom is 0.306 e. The van der Waals surface area contributed by atoms with Crippen LogP contribution >= 0.6 is 0 Å². The highest BCUT2D eigenvalue weighted by molar-refractivity contribution is 6.38. The highest BCUT2D eigenvalue weighted by Gasteiger charge is 2.78. The molecule has 7 heteroatoms. The maximum atomic E-state index is 12.9. The number of ketones is 2. The Bertz CT molecular complexity index is 759. The standard InChI is InChI=1S/C19H22O7/c1-7-3-11(20)15(22)14-9(7)4-12-18-6-25-19(24,16(14)18)17(23)8(2)10(18)5-13(21)26-12/h7,9-10,12,14,16-17,23-24H,2-6H2,1H3. The third kappa shape index (κ3) is 1.63. The van der Waals surface area contributed by atoms with Crippen molar-refractivity contribution in [1.29, 1.82) is 0 Å². The summed E-state index contributed by atoms with van der Waals surface area (Å²) >= 11 is 0. The summed E-state index contributed by atoms with van der Waals surface area (Å²) < 4.78 is 11.4. The lowest BCUT2D eigenvalue weighted by atomic mass is 9.43. The fraction of sp³-hybridized carbons (Fsp3) is 0.737. The Balaban J connectivity index is 1.73. The van der Waals surface area contributed by atoms with Crippen LogP contribution in [0.1, 0.15) is 26.2 Å². The first-order chi connectivity index (χ1) is 12.2.